The summed E-state index contributed by atoms with van der Waals surface area (Å²) in [7, 11) is 1.52. The Kier molecular flexibility index (Phi) is 3.88. The van der Waals surface area contributed by atoms with Crippen molar-refractivity contribution in [3.63, 3.8) is 0 Å². The van der Waals surface area contributed by atoms with Gasteiger partial charge in [0.25, 0.3) is 0 Å². The molecule has 1 N–H and O–H groups in total. The molecule has 7 heteroatoms. The number of pyridine rings is 1. The van der Waals surface area contributed by atoms with E-state index in [9.17, 15) is 4.39 Å². The van der Waals surface area contributed by atoms with Crippen LogP contribution in [0.15, 0.2) is 24.5 Å². The van der Waals surface area contributed by atoms with Crippen molar-refractivity contribution in [1.82, 2.24) is 15.0 Å². The minimum absolute atomic E-state index is 0.0166. The Morgan fingerprint density at radius 1 is 1.44 bits per heavy atom. The van der Waals surface area contributed by atoms with Gasteiger partial charge in [-0.05, 0) is 17.7 Å². The summed E-state index contributed by atoms with van der Waals surface area (Å²) in [5.74, 6) is -0.0475. The van der Waals surface area contributed by atoms with E-state index in [0.29, 0.717) is 12.4 Å². The van der Waals surface area contributed by atoms with Crippen molar-refractivity contribution in [1.29, 1.82) is 0 Å². The lowest BCUT2D eigenvalue weighted by Crippen LogP contribution is -2.06. The van der Waals surface area contributed by atoms with E-state index in [1.165, 1.54) is 7.11 Å². The van der Waals surface area contributed by atoms with Crippen LogP contribution in [0.1, 0.15) is 5.56 Å². The van der Waals surface area contributed by atoms with Crippen molar-refractivity contribution < 1.29 is 9.13 Å². The molecule has 0 atom stereocenters. The first kappa shape index (κ1) is 12.5. The van der Waals surface area contributed by atoms with Crippen LogP contribution < -0.4 is 10.1 Å². The van der Waals surface area contributed by atoms with Gasteiger partial charge in [-0.25, -0.2) is 14.4 Å². The summed E-state index contributed by atoms with van der Waals surface area (Å²) in [5, 5.41) is 2.80. The van der Waals surface area contributed by atoms with Gasteiger partial charge in [-0.2, -0.15) is 4.98 Å². The molecule has 0 unspecified atom stereocenters. The lowest BCUT2D eigenvalue weighted by atomic mass is 10.2. The number of halogens is 2. The third kappa shape index (κ3) is 2.84. The second-order valence-corrected chi connectivity index (χ2v) is 3.70. The summed E-state index contributed by atoms with van der Waals surface area (Å²) in [4.78, 5) is 11.3. The standard InChI is InChI=1S/C11H10ClFN4O/c1-18-10-7(3-2-4-14-10)5-15-9-8(13)6-16-11(12)17-9/h2-4,6H,5H2,1H3,(H,15,16,17). The van der Waals surface area contributed by atoms with Gasteiger partial charge in [0, 0.05) is 18.3 Å². The molecule has 2 heterocycles. The van der Waals surface area contributed by atoms with Crippen LogP contribution in [0.3, 0.4) is 0 Å². The van der Waals surface area contributed by atoms with Crippen LogP contribution in [0.2, 0.25) is 5.28 Å². The molecule has 0 radical (unpaired) electrons. The number of hydrogen-bond donors (Lipinski definition) is 1. The van der Waals surface area contributed by atoms with E-state index in [1.54, 1.807) is 12.3 Å². The number of nitrogens with zero attached hydrogens (tertiary/aromatic N) is 3. The van der Waals surface area contributed by atoms with E-state index in [4.69, 9.17) is 16.3 Å². The topological polar surface area (TPSA) is 59.9 Å². The lowest BCUT2D eigenvalue weighted by molar-refractivity contribution is 0.393. The van der Waals surface area contributed by atoms with E-state index in [-0.39, 0.29) is 11.1 Å². The van der Waals surface area contributed by atoms with Crippen molar-refractivity contribution in [2.45, 2.75) is 6.54 Å². The fourth-order valence-electron chi connectivity index (χ4n) is 1.39. The molecule has 0 spiro atoms. The van der Waals surface area contributed by atoms with E-state index >= 15 is 0 Å². The monoisotopic (exact) mass is 268 g/mol. The smallest absolute Gasteiger partial charge is 0.224 e. The summed E-state index contributed by atoms with van der Waals surface area (Å²) in [6.45, 7) is 0.321. The van der Waals surface area contributed by atoms with Gasteiger partial charge in [-0.15, -0.1) is 0 Å². The minimum Gasteiger partial charge on any atom is -0.481 e. The van der Waals surface area contributed by atoms with Gasteiger partial charge >= 0.3 is 0 Å². The molecule has 5 nitrogen and oxygen atoms in total. The van der Waals surface area contributed by atoms with Crippen LogP contribution >= 0.6 is 11.6 Å². The summed E-state index contributed by atoms with van der Waals surface area (Å²) in [6.07, 6.45) is 2.63. The zero-order valence-corrected chi connectivity index (χ0v) is 10.3. The van der Waals surface area contributed by atoms with Gasteiger partial charge in [-0.1, -0.05) is 6.07 Å². The Hall–Kier alpha value is -1.95. The maximum Gasteiger partial charge on any atom is 0.224 e. The Balaban J connectivity index is 2.14. The fraction of sp³-hybridized carbons (Fsp3) is 0.182. The fourth-order valence-corrected chi connectivity index (χ4v) is 1.52. The van der Waals surface area contributed by atoms with Gasteiger partial charge in [0.15, 0.2) is 11.6 Å². The summed E-state index contributed by atoms with van der Waals surface area (Å²) in [6, 6.07) is 3.59. The third-order valence-corrected chi connectivity index (χ3v) is 2.39. The molecule has 2 aromatic heterocycles. The number of anilines is 1. The number of hydrogen-bond acceptors (Lipinski definition) is 5. The molecule has 2 aromatic rings. The molecular formula is C11H10ClFN4O. The van der Waals surface area contributed by atoms with Crippen molar-refractivity contribution in [2.24, 2.45) is 0 Å². The average Bonchev–Trinajstić information content (AvgIpc) is 2.40. The molecule has 94 valence electrons. The highest BCUT2D eigenvalue weighted by Crippen LogP contribution is 2.17. The van der Waals surface area contributed by atoms with Crippen molar-refractivity contribution in [3.05, 3.63) is 41.2 Å². The molecular weight excluding hydrogens is 259 g/mol. The molecule has 0 aliphatic rings. The van der Waals surface area contributed by atoms with Crippen molar-refractivity contribution in [3.8, 4) is 5.88 Å². The number of ether oxygens (including phenoxy) is 1. The summed E-state index contributed by atoms with van der Waals surface area (Å²) >= 11 is 5.59. The van der Waals surface area contributed by atoms with Crippen molar-refractivity contribution >= 4 is 17.4 Å². The van der Waals surface area contributed by atoms with Crippen LogP contribution in [0.5, 0.6) is 5.88 Å². The Bertz CT molecular complexity index is 552. The first-order chi connectivity index (χ1) is 8.70. The first-order valence-corrected chi connectivity index (χ1v) is 5.48. The van der Waals surface area contributed by atoms with E-state index in [0.717, 1.165) is 11.8 Å². The van der Waals surface area contributed by atoms with Crippen LogP contribution in [-0.2, 0) is 6.54 Å². The Morgan fingerprint density at radius 3 is 3.06 bits per heavy atom. The van der Waals surface area contributed by atoms with Gasteiger partial charge in [0.2, 0.25) is 11.2 Å². The zero-order chi connectivity index (χ0) is 13.0. The Morgan fingerprint density at radius 2 is 2.28 bits per heavy atom. The van der Waals surface area contributed by atoms with Gasteiger partial charge in [0.1, 0.15) is 0 Å². The largest absolute Gasteiger partial charge is 0.481 e. The van der Waals surface area contributed by atoms with E-state index < -0.39 is 5.82 Å². The molecule has 0 fully saturated rings. The quantitative estimate of drug-likeness (QED) is 0.862. The highest BCUT2D eigenvalue weighted by molar-refractivity contribution is 6.28. The molecule has 0 bridgehead atoms. The molecule has 18 heavy (non-hydrogen) atoms. The molecule has 2 rings (SSSR count). The van der Waals surface area contributed by atoms with Gasteiger partial charge in [-0.3, -0.25) is 0 Å². The number of rotatable bonds is 4. The number of nitrogens with one attached hydrogen (secondary N) is 1. The highest BCUT2D eigenvalue weighted by atomic mass is 35.5. The van der Waals surface area contributed by atoms with Crippen molar-refractivity contribution in [2.75, 3.05) is 12.4 Å². The average molecular weight is 269 g/mol. The molecule has 0 saturated heterocycles. The highest BCUT2D eigenvalue weighted by Gasteiger charge is 2.08. The van der Waals surface area contributed by atoms with Crippen LogP contribution in [0.4, 0.5) is 10.2 Å². The third-order valence-electron chi connectivity index (χ3n) is 2.20. The van der Waals surface area contributed by atoms with Gasteiger partial charge < -0.3 is 10.1 Å². The minimum atomic E-state index is -0.567. The predicted octanol–water partition coefficient (Wildman–Crippen LogP) is 2.28. The lowest BCUT2D eigenvalue weighted by Gasteiger charge is -2.09. The van der Waals surface area contributed by atoms with Crippen LogP contribution in [-0.4, -0.2) is 22.1 Å². The summed E-state index contributed by atoms with van der Waals surface area (Å²) < 4.78 is 18.4. The van der Waals surface area contributed by atoms with Crippen LogP contribution in [0, 0.1) is 5.82 Å². The van der Waals surface area contributed by atoms with E-state index in [1.807, 2.05) is 6.07 Å². The summed E-state index contributed by atoms with van der Waals surface area (Å²) in [5.41, 5.74) is 0.786. The van der Waals surface area contributed by atoms with Gasteiger partial charge in [0.05, 0.1) is 13.3 Å². The maximum absolute atomic E-state index is 13.4. The molecule has 0 aromatic carbocycles. The second kappa shape index (κ2) is 5.59. The molecule has 0 aliphatic heterocycles. The second-order valence-electron chi connectivity index (χ2n) is 3.36. The molecule has 0 saturated carbocycles. The molecule has 0 amide bonds. The normalized spacial score (nSPS) is 10.2. The molecule has 0 aliphatic carbocycles. The Labute approximate surface area is 108 Å². The number of methoxy groups -OCH3 is 1. The number of aromatic nitrogens is 3. The maximum atomic E-state index is 13.4. The zero-order valence-electron chi connectivity index (χ0n) is 9.52. The van der Waals surface area contributed by atoms with E-state index in [2.05, 4.69) is 20.3 Å². The SMILES string of the molecule is COc1ncccc1CNc1nc(Cl)ncc1F. The predicted molar refractivity (Wildman–Crippen MR) is 65.1 cm³/mol. The first-order valence-electron chi connectivity index (χ1n) is 5.10. The van der Waals surface area contributed by atoms with Crippen LogP contribution in [0.25, 0.3) is 0 Å².